The Morgan fingerprint density at radius 2 is 2.13 bits per heavy atom. The number of aromatic nitrogens is 1. The highest BCUT2D eigenvalue weighted by molar-refractivity contribution is 7.89. The molecule has 1 aromatic heterocycles. The molecule has 0 radical (unpaired) electrons. The van der Waals surface area contributed by atoms with Crippen molar-refractivity contribution in [3.63, 3.8) is 0 Å². The third-order valence-electron chi connectivity index (χ3n) is 4.11. The first-order valence-corrected chi connectivity index (χ1v) is 8.77. The SMILES string of the molecule is C[C@]1(O)CC[C@@H](CNc2ncc(S(N)(=O)=O)cc2[N+](=O)[O-])CC1. The summed E-state index contributed by atoms with van der Waals surface area (Å²) in [4.78, 5) is 13.8. The van der Waals surface area contributed by atoms with Crippen molar-refractivity contribution in [2.24, 2.45) is 11.1 Å². The summed E-state index contributed by atoms with van der Waals surface area (Å²) in [6, 6.07) is 0.899. The Kier molecular flexibility index (Phi) is 4.87. The maximum absolute atomic E-state index is 11.3. The van der Waals surface area contributed by atoms with Gasteiger partial charge in [-0.15, -0.1) is 0 Å². The molecule has 10 heteroatoms. The Balaban J connectivity index is 2.09. The molecule has 0 amide bonds. The average molecular weight is 344 g/mol. The van der Waals surface area contributed by atoms with Crippen LogP contribution in [0.2, 0.25) is 0 Å². The number of anilines is 1. The minimum absolute atomic E-state index is 0.0136. The van der Waals surface area contributed by atoms with Crippen LogP contribution in [0.4, 0.5) is 11.5 Å². The van der Waals surface area contributed by atoms with Crippen molar-refractivity contribution in [3.8, 4) is 0 Å². The van der Waals surface area contributed by atoms with E-state index in [4.69, 9.17) is 5.14 Å². The van der Waals surface area contributed by atoms with Gasteiger partial charge in [0, 0.05) is 18.8 Å². The normalized spacial score (nSPS) is 25.1. The van der Waals surface area contributed by atoms with Crippen LogP contribution in [0.5, 0.6) is 0 Å². The molecule has 0 spiro atoms. The van der Waals surface area contributed by atoms with Crippen molar-refractivity contribution in [2.45, 2.75) is 43.1 Å². The summed E-state index contributed by atoms with van der Waals surface area (Å²) in [7, 11) is -4.05. The molecule has 0 unspecified atom stereocenters. The molecule has 2 rings (SSSR count). The molecule has 1 heterocycles. The third kappa shape index (κ3) is 4.60. The fraction of sp³-hybridized carbons (Fsp3) is 0.615. The summed E-state index contributed by atoms with van der Waals surface area (Å²) in [6.45, 7) is 2.27. The predicted molar refractivity (Wildman–Crippen MR) is 83.3 cm³/mol. The molecular formula is C13H20N4O5S. The van der Waals surface area contributed by atoms with E-state index in [0.717, 1.165) is 25.1 Å². The number of hydrogen-bond acceptors (Lipinski definition) is 7. The summed E-state index contributed by atoms with van der Waals surface area (Å²) in [5, 5.41) is 28.9. The van der Waals surface area contributed by atoms with Gasteiger partial charge in [0.2, 0.25) is 15.8 Å². The smallest absolute Gasteiger partial charge is 0.312 e. The van der Waals surface area contributed by atoms with E-state index in [-0.39, 0.29) is 11.7 Å². The molecule has 1 aliphatic carbocycles. The van der Waals surface area contributed by atoms with E-state index in [2.05, 4.69) is 10.3 Å². The van der Waals surface area contributed by atoms with E-state index in [1.54, 1.807) is 6.92 Å². The van der Waals surface area contributed by atoms with Crippen LogP contribution in [0.1, 0.15) is 32.6 Å². The van der Waals surface area contributed by atoms with Gasteiger partial charge in [0.05, 0.1) is 10.5 Å². The van der Waals surface area contributed by atoms with Crippen LogP contribution in [-0.2, 0) is 10.0 Å². The molecule has 0 aromatic carbocycles. The van der Waals surface area contributed by atoms with Crippen molar-refractivity contribution in [2.75, 3.05) is 11.9 Å². The maximum Gasteiger partial charge on any atom is 0.312 e. The average Bonchev–Trinajstić information content (AvgIpc) is 2.45. The zero-order chi connectivity index (χ0) is 17.3. The fourth-order valence-corrected chi connectivity index (χ4v) is 3.09. The number of nitrogens with two attached hydrogens (primary N) is 1. The molecule has 0 aliphatic heterocycles. The number of hydrogen-bond donors (Lipinski definition) is 3. The summed E-state index contributed by atoms with van der Waals surface area (Å²) in [6.07, 6.45) is 3.97. The van der Waals surface area contributed by atoms with Gasteiger partial charge in [-0.3, -0.25) is 10.1 Å². The van der Waals surface area contributed by atoms with Crippen LogP contribution < -0.4 is 10.5 Å². The van der Waals surface area contributed by atoms with Crippen LogP contribution in [0, 0.1) is 16.0 Å². The fourth-order valence-electron chi connectivity index (χ4n) is 2.61. The second kappa shape index (κ2) is 6.38. The van der Waals surface area contributed by atoms with Gasteiger partial charge in [0.15, 0.2) is 0 Å². The Morgan fingerprint density at radius 3 is 2.65 bits per heavy atom. The lowest BCUT2D eigenvalue weighted by Gasteiger charge is -2.33. The zero-order valence-corrected chi connectivity index (χ0v) is 13.5. The lowest BCUT2D eigenvalue weighted by molar-refractivity contribution is -0.384. The molecule has 128 valence electrons. The first kappa shape index (κ1) is 17.6. The van der Waals surface area contributed by atoms with E-state index in [9.17, 15) is 23.6 Å². The van der Waals surface area contributed by atoms with E-state index in [1.165, 1.54) is 0 Å². The van der Waals surface area contributed by atoms with Gasteiger partial charge in [-0.2, -0.15) is 0 Å². The Bertz CT molecular complexity index is 694. The van der Waals surface area contributed by atoms with Gasteiger partial charge in [-0.1, -0.05) is 0 Å². The highest BCUT2D eigenvalue weighted by atomic mass is 32.2. The molecule has 1 aliphatic rings. The highest BCUT2D eigenvalue weighted by Gasteiger charge is 2.29. The Morgan fingerprint density at radius 1 is 1.52 bits per heavy atom. The number of nitro groups is 1. The summed E-state index contributed by atoms with van der Waals surface area (Å²) in [5.74, 6) is 0.286. The van der Waals surface area contributed by atoms with Crippen molar-refractivity contribution in [1.82, 2.24) is 4.98 Å². The van der Waals surface area contributed by atoms with Crippen LogP contribution in [0.15, 0.2) is 17.2 Å². The van der Waals surface area contributed by atoms with Gasteiger partial charge >= 0.3 is 5.69 Å². The van der Waals surface area contributed by atoms with Crippen molar-refractivity contribution < 1.29 is 18.4 Å². The third-order valence-corrected chi connectivity index (χ3v) is 4.99. The number of aliphatic hydroxyl groups is 1. The largest absolute Gasteiger partial charge is 0.390 e. The first-order chi connectivity index (χ1) is 10.6. The topological polar surface area (TPSA) is 148 Å². The van der Waals surface area contributed by atoms with Crippen molar-refractivity contribution in [1.29, 1.82) is 0 Å². The minimum atomic E-state index is -4.05. The Labute approximate surface area is 134 Å². The lowest BCUT2D eigenvalue weighted by Crippen LogP contribution is -2.32. The second-order valence-corrected chi connectivity index (χ2v) is 7.72. The monoisotopic (exact) mass is 344 g/mol. The van der Waals surface area contributed by atoms with Gasteiger partial charge in [-0.25, -0.2) is 18.5 Å². The number of sulfonamides is 1. The lowest BCUT2D eigenvalue weighted by atomic mass is 9.80. The van der Waals surface area contributed by atoms with Crippen LogP contribution >= 0.6 is 0 Å². The number of rotatable bonds is 5. The number of primary sulfonamides is 1. The molecule has 0 atom stereocenters. The van der Waals surface area contributed by atoms with E-state index in [1.807, 2.05) is 0 Å². The van der Waals surface area contributed by atoms with E-state index in [0.29, 0.717) is 19.4 Å². The van der Waals surface area contributed by atoms with Gasteiger partial charge < -0.3 is 10.4 Å². The summed E-state index contributed by atoms with van der Waals surface area (Å²) >= 11 is 0. The molecule has 0 saturated heterocycles. The number of pyridine rings is 1. The molecule has 1 saturated carbocycles. The van der Waals surface area contributed by atoms with Gasteiger partial charge in [0.25, 0.3) is 0 Å². The molecule has 23 heavy (non-hydrogen) atoms. The summed E-state index contributed by atoms with van der Waals surface area (Å²) < 4.78 is 22.5. The van der Waals surface area contributed by atoms with Crippen LogP contribution in [0.3, 0.4) is 0 Å². The first-order valence-electron chi connectivity index (χ1n) is 7.22. The molecule has 1 aromatic rings. The molecular weight excluding hydrogens is 324 g/mol. The number of nitrogens with one attached hydrogen (secondary N) is 1. The summed E-state index contributed by atoms with van der Waals surface area (Å²) in [5.41, 5.74) is -1.07. The van der Waals surface area contributed by atoms with E-state index >= 15 is 0 Å². The van der Waals surface area contributed by atoms with Crippen molar-refractivity contribution >= 4 is 21.5 Å². The molecule has 1 fully saturated rings. The van der Waals surface area contributed by atoms with Crippen molar-refractivity contribution in [3.05, 3.63) is 22.4 Å². The van der Waals surface area contributed by atoms with Gasteiger partial charge in [0.1, 0.15) is 4.90 Å². The standard InChI is InChI=1S/C13H20N4O5S/c1-13(18)4-2-9(3-5-13)7-15-12-11(17(19)20)6-10(8-16-12)23(14,21)22/h6,8-9,18H,2-5,7H2,1H3,(H,15,16)(H2,14,21,22)/t9-,13+. The quantitative estimate of drug-likeness (QED) is 0.532. The Hall–Kier alpha value is -1.78. The molecule has 0 bridgehead atoms. The zero-order valence-electron chi connectivity index (χ0n) is 12.7. The molecule has 4 N–H and O–H groups in total. The predicted octanol–water partition coefficient (Wildman–Crippen LogP) is 0.990. The highest BCUT2D eigenvalue weighted by Crippen LogP contribution is 2.32. The molecule has 9 nitrogen and oxygen atoms in total. The number of nitrogens with zero attached hydrogens (tertiary/aromatic N) is 2. The second-order valence-electron chi connectivity index (χ2n) is 6.16. The van der Waals surface area contributed by atoms with Crippen LogP contribution in [0.25, 0.3) is 0 Å². The van der Waals surface area contributed by atoms with Gasteiger partial charge in [-0.05, 0) is 38.5 Å². The van der Waals surface area contributed by atoms with E-state index < -0.39 is 31.1 Å². The van der Waals surface area contributed by atoms with Crippen LogP contribution in [-0.4, -0.2) is 35.6 Å². The maximum atomic E-state index is 11.3. The minimum Gasteiger partial charge on any atom is -0.390 e.